The zero-order valence-electron chi connectivity index (χ0n) is 23.0. The lowest BCUT2D eigenvalue weighted by Gasteiger charge is -2.47. The number of carboxylic acids is 1. The van der Waals surface area contributed by atoms with Gasteiger partial charge in [0.25, 0.3) is 0 Å². The highest BCUT2D eigenvalue weighted by Gasteiger charge is 2.50. The normalized spacial score (nSPS) is 23.8. The fourth-order valence-corrected chi connectivity index (χ4v) is 5.16. The predicted octanol–water partition coefficient (Wildman–Crippen LogP) is 2.07. The smallest absolute Gasteiger partial charge is 0.222 e. The molecule has 8 nitrogen and oxygen atoms in total. The van der Waals surface area contributed by atoms with Crippen LogP contribution < -0.4 is 9.84 Å². The van der Waals surface area contributed by atoms with Gasteiger partial charge in [0.1, 0.15) is 37.2 Å². The van der Waals surface area contributed by atoms with Gasteiger partial charge in [-0.1, -0.05) is 79.7 Å². The minimum absolute atomic E-state index is 0.00929. The molecule has 1 aliphatic rings. The van der Waals surface area contributed by atoms with Crippen LogP contribution in [0.15, 0.2) is 84.9 Å². The lowest BCUT2D eigenvalue weighted by Crippen LogP contribution is -2.69. The van der Waals surface area contributed by atoms with Crippen LogP contribution in [0.25, 0.3) is 11.1 Å². The van der Waals surface area contributed by atoms with Gasteiger partial charge in [0.05, 0.1) is 20.1 Å². The number of ether oxygens (including phenoxy) is 2. The summed E-state index contributed by atoms with van der Waals surface area (Å²) in [7, 11) is 3.45. The molecule has 3 N–H and O–H groups in total. The van der Waals surface area contributed by atoms with Crippen molar-refractivity contribution >= 4 is 17.1 Å². The Balaban J connectivity index is 1.50. The molecule has 0 amide bonds. The van der Waals surface area contributed by atoms with E-state index in [2.05, 4.69) is 31.2 Å². The second-order valence-corrected chi connectivity index (χ2v) is 10.6. The molecule has 5 atom stereocenters. The minimum atomic E-state index is -1.78. The Morgan fingerprint density at radius 1 is 0.825 bits per heavy atom. The molecule has 1 saturated heterocycles. The van der Waals surface area contributed by atoms with Crippen molar-refractivity contribution in [1.29, 1.82) is 0 Å². The summed E-state index contributed by atoms with van der Waals surface area (Å²) >= 11 is 0. The fourth-order valence-electron chi connectivity index (χ4n) is 5.16. The topological polar surface area (TPSA) is 119 Å². The molecule has 0 saturated carbocycles. The Morgan fingerprint density at radius 3 is 1.93 bits per heavy atom. The number of nitrogens with zero attached hydrogens (tertiary/aromatic N) is 1. The van der Waals surface area contributed by atoms with E-state index in [0.717, 1.165) is 23.1 Å². The second kappa shape index (κ2) is 12.8. The van der Waals surface area contributed by atoms with Crippen molar-refractivity contribution in [2.75, 3.05) is 27.2 Å². The van der Waals surface area contributed by atoms with Gasteiger partial charge in [-0.3, -0.25) is 4.48 Å². The molecular formula is C32H37NO7. The number of quaternary nitrogens is 1. The van der Waals surface area contributed by atoms with E-state index in [1.807, 2.05) is 60.7 Å². The number of aliphatic carboxylic acids is 1. The van der Waals surface area contributed by atoms with Gasteiger partial charge in [0, 0.05) is 0 Å². The SMILES string of the molecule is CC/C(=C(\c1ccccc1)c1ccc(OCC[N+](C)(C)[C@@H]2O[C@H](C(=O)[O-])[C@@H](O)[C@H](O)[C@H]2O)cc1)c1ccccc1. The first-order valence-electron chi connectivity index (χ1n) is 13.4. The number of carbonyl (C=O) groups excluding carboxylic acids is 1. The van der Waals surface area contributed by atoms with Crippen molar-refractivity contribution in [2.24, 2.45) is 0 Å². The van der Waals surface area contributed by atoms with Crippen molar-refractivity contribution in [1.82, 2.24) is 0 Å². The first-order chi connectivity index (χ1) is 19.1. The Morgan fingerprint density at radius 2 is 1.38 bits per heavy atom. The Kier molecular flexibility index (Phi) is 9.40. The number of aliphatic hydroxyl groups is 3. The molecule has 1 aliphatic heterocycles. The molecule has 0 aliphatic carbocycles. The van der Waals surface area contributed by atoms with Gasteiger partial charge in [0.2, 0.25) is 6.23 Å². The summed E-state index contributed by atoms with van der Waals surface area (Å²) in [6.45, 7) is 2.72. The molecule has 212 valence electrons. The van der Waals surface area contributed by atoms with Crippen molar-refractivity contribution in [2.45, 2.75) is 44.0 Å². The summed E-state index contributed by atoms with van der Waals surface area (Å²) in [5, 5.41) is 42.0. The van der Waals surface area contributed by atoms with Crippen LogP contribution in [-0.4, -0.2) is 83.7 Å². The lowest BCUT2D eigenvalue weighted by molar-refractivity contribution is -0.944. The molecule has 0 aromatic heterocycles. The summed E-state index contributed by atoms with van der Waals surface area (Å²) in [6, 6.07) is 28.5. The van der Waals surface area contributed by atoms with Crippen molar-refractivity contribution in [3.05, 3.63) is 102 Å². The molecule has 0 spiro atoms. The maximum atomic E-state index is 11.4. The molecule has 0 bridgehead atoms. The largest absolute Gasteiger partial charge is 0.547 e. The zero-order valence-corrected chi connectivity index (χ0v) is 23.0. The summed E-state index contributed by atoms with van der Waals surface area (Å²) in [4.78, 5) is 11.4. The molecule has 0 unspecified atom stereocenters. The van der Waals surface area contributed by atoms with Crippen molar-refractivity contribution in [3.63, 3.8) is 0 Å². The first kappa shape index (κ1) is 29.5. The van der Waals surface area contributed by atoms with Crippen LogP contribution in [0.3, 0.4) is 0 Å². The maximum Gasteiger partial charge on any atom is 0.222 e. The van der Waals surface area contributed by atoms with Crippen LogP contribution in [0.5, 0.6) is 5.75 Å². The van der Waals surface area contributed by atoms with Crippen LogP contribution in [0, 0.1) is 0 Å². The summed E-state index contributed by atoms with van der Waals surface area (Å²) in [6.07, 6.45) is -6.93. The van der Waals surface area contributed by atoms with Crippen molar-refractivity contribution < 1.29 is 39.2 Å². The predicted molar refractivity (Wildman–Crippen MR) is 150 cm³/mol. The van der Waals surface area contributed by atoms with Crippen LogP contribution >= 0.6 is 0 Å². The zero-order chi connectivity index (χ0) is 28.9. The van der Waals surface area contributed by atoms with Gasteiger partial charge in [-0.05, 0) is 46.4 Å². The number of hydrogen-bond acceptors (Lipinski definition) is 7. The third kappa shape index (κ3) is 6.43. The van der Waals surface area contributed by atoms with Gasteiger partial charge in [-0.15, -0.1) is 0 Å². The van der Waals surface area contributed by atoms with E-state index < -0.39 is 36.6 Å². The highest BCUT2D eigenvalue weighted by molar-refractivity contribution is 5.98. The number of aliphatic hydroxyl groups excluding tert-OH is 3. The van der Waals surface area contributed by atoms with E-state index in [0.29, 0.717) is 12.3 Å². The highest BCUT2D eigenvalue weighted by Crippen LogP contribution is 2.35. The Hall–Kier alpha value is -3.53. The second-order valence-electron chi connectivity index (χ2n) is 10.6. The number of carbonyl (C=O) groups is 1. The van der Waals surface area contributed by atoms with Crippen LogP contribution in [0.2, 0.25) is 0 Å². The average molecular weight is 548 g/mol. The van der Waals surface area contributed by atoms with Gasteiger partial charge in [-0.2, -0.15) is 0 Å². The number of allylic oxidation sites excluding steroid dienone is 1. The molecule has 4 rings (SSSR count). The van der Waals surface area contributed by atoms with E-state index in [1.54, 1.807) is 14.1 Å². The van der Waals surface area contributed by atoms with E-state index >= 15 is 0 Å². The number of benzene rings is 3. The summed E-state index contributed by atoms with van der Waals surface area (Å²) < 4.78 is 11.4. The van der Waals surface area contributed by atoms with Crippen LogP contribution in [0.4, 0.5) is 0 Å². The molecule has 3 aromatic rings. The van der Waals surface area contributed by atoms with Crippen molar-refractivity contribution in [3.8, 4) is 5.75 Å². The molecule has 8 heteroatoms. The number of hydrogen-bond donors (Lipinski definition) is 3. The van der Waals surface area contributed by atoms with E-state index in [9.17, 15) is 25.2 Å². The van der Waals surface area contributed by atoms with E-state index in [4.69, 9.17) is 9.47 Å². The van der Waals surface area contributed by atoms with Crippen LogP contribution in [-0.2, 0) is 9.53 Å². The maximum absolute atomic E-state index is 11.4. The van der Waals surface area contributed by atoms with Gasteiger partial charge in [-0.25, -0.2) is 0 Å². The van der Waals surface area contributed by atoms with E-state index in [-0.39, 0.29) is 11.1 Å². The third-order valence-electron chi connectivity index (χ3n) is 7.43. The summed E-state index contributed by atoms with van der Waals surface area (Å²) in [5.74, 6) is -0.996. The minimum Gasteiger partial charge on any atom is -0.547 e. The lowest BCUT2D eigenvalue weighted by atomic mass is 9.88. The molecule has 40 heavy (non-hydrogen) atoms. The number of carboxylic acid groups (broad SMARTS) is 1. The fraction of sp³-hybridized carbons (Fsp3) is 0.344. The molecule has 0 radical (unpaired) electrons. The first-order valence-corrected chi connectivity index (χ1v) is 13.4. The number of likely N-dealkylation sites (N-methyl/N-ethyl adjacent to an activating group) is 1. The van der Waals surface area contributed by atoms with E-state index in [1.165, 1.54) is 11.1 Å². The average Bonchev–Trinajstić information content (AvgIpc) is 2.95. The van der Waals surface area contributed by atoms with Gasteiger partial charge < -0.3 is 34.7 Å². The monoisotopic (exact) mass is 547 g/mol. The standard InChI is InChI=1S/C32H37NO7/c1-4-25(21-11-7-5-8-12-21)26(22-13-9-6-10-14-22)23-15-17-24(18-16-23)39-20-19-33(2,3)31-29(36)27(34)28(35)30(40-31)32(37)38/h5-18,27-31,34-36H,4,19-20H2,1-3H3/b26-25-/t27-,28-,29+,30-,31+/m0/s1. The summed E-state index contributed by atoms with van der Waals surface area (Å²) in [5.41, 5.74) is 5.77. The molecule has 3 aromatic carbocycles. The highest BCUT2D eigenvalue weighted by atomic mass is 16.6. The molecule has 1 fully saturated rings. The van der Waals surface area contributed by atoms with Gasteiger partial charge in [0.15, 0.2) is 6.10 Å². The van der Waals surface area contributed by atoms with Crippen LogP contribution in [0.1, 0.15) is 30.0 Å². The quantitative estimate of drug-likeness (QED) is 0.263. The van der Waals surface area contributed by atoms with Gasteiger partial charge >= 0.3 is 0 Å². The third-order valence-corrected chi connectivity index (χ3v) is 7.43. The molecular weight excluding hydrogens is 510 g/mol. The number of rotatable bonds is 10. The Bertz CT molecular complexity index is 1290. The molecule has 1 heterocycles. The Labute approximate surface area is 234 Å².